The summed E-state index contributed by atoms with van der Waals surface area (Å²) in [5, 5.41) is 5.87. The van der Waals surface area contributed by atoms with Gasteiger partial charge in [0.15, 0.2) is 11.2 Å². The summed E-state index contributed by atoms with van der Waals surface area (Å²) in [6, 6.07) is 15.3. The fourth-order valence-corrected chi connectivity index (χ4v) is 7.10. The second-order valence-corrected chi connectivity index (χ2v) is 10.4. The number of benzene rings is 2. The molecule has 2 amide bonds. The number of fused-ring (bicyclic) bond motifs is 2. The fourth-order valence-electron chi connectivity index (χ4n) is 7.10. The molecule has 4 aliphatic rings. The van der Waals surface area contributed by atoms with Crippen molar-refractivity contribution in [3.8, 4) is 0 Å². The first-order valence-corrected chi connectivity index (χ1v) is 11.8. The van der Waals surface area contributed by atoms with Crippen LogP contribution in [0.1, 0.15) is 38.5 Å². The lowest BCUT2D eigenvalue weighted by atomic mass is 9.43. The largest absolute Gasteiger partial charge is 0.423 e. The monoisotopic (exact) mass is 456 g/mol. The van der Waals surface area contributed by atoms with Crippen molar-refractivity contribution in [1.29, 1.82) is 0 Å². The Kier molecular flexibility index (Phi) is 4.02. The summed E-state index contributed by atoms with van der Waals surface area (Å²) < 4.78 is 11.5. The fraction of sp³-hybridized carbons (Fsp3) is 0.385. The molecule has 172 valence electrons. The van der Waals surface area contributed by atoms with E-state index in [1.807, 2.05) is 48.5 Å². The zero-order chi connectivity index (χ0) is 22.9. The first kappa shape index (κ1) is 19.8. The van der Waals surface area contributed by atoms with Gasteiger partial charge in [-0.2, -0.15) is 9.97 Å². The molecule has 0 saturated heterocycles. The number of aromatic nitrogens is 2. The Morgan fingerprint density at radius 3 is 1.62 bits per heavy atom. The molecule has 2 aromatic heterocycles. The molecule has 2 aromatic carbocycles. The van der Waals surface area contributed by atoms with Crippen LogP contribution in [0.2, 0.25) is 0 Å². The van der Waals surface area contributed by atoms with E-state index < -0.39 is 10.8 Å². The van der Waals surface area contributed by atoms with E-state index in [1.165, 1.54) is 0 Å². The van der Waals surface area contributed by atoms with Gasteiger partial charge in [-0.05, 0) is 74.6 Å². The van der Waals surface area contributed by atoms with Crippen molar-refractivity contribution in [1.82, 2.24) is 9.97 Å². The van der Waals surface area contributed by atoms with E-state index in [0.29, 0.717) is 40.5 Å². The van der Waals surface area contributed by atoms with Crippen LogP contribution < -0.4 is 10.6 Å². The van der Waals surface area contributed by atoms with Gasteiger partial charge >= 0.3 is 12.0 Å². The minimum Gasteiger partial charge on any atom is -0.423 e. The quantitative estimate of drug-likeness (QED) is 0.440. The van der Waals surface area contributed by atoms with Crippen LogP contribution in [-0.4, -0.2) is 21.8 Å². The molecule has 8 nitrogen and oxygen atoms in total. The molecule has 4 aliphatic carbocycles. The first-order valence-electron chi connectivity index (χ1n) is 11.8. The number of rotatable bonds is 4. The maximum Gasteiger partial charge on any atom is 0.302 e. The standard InChI is InChI=1S/C26H24N4O4/c31-21(29-23-27-17-5-1-3-7-19(17)33-23)25-10-15-9-16(11-25)13-26(12-15,14-25)22(32)30-24-28-18-6-2-4-8-20(18)34-24/h1-8,15-16H,9-14H2,(H,27,29,31)(H,28,30,32). The topological polar surface area (TPSA) is 110 Å². The number of nitrogens with one attached hydrogen (secondary N) is 2. The van der Waals surface area contributed by atoms with Crippen LogP contribution in [0.15, 0.2) is 57.4 Å². The van der Waals surface area contributed by atoms with Crippen LogP contribution in [0.3, 0.4) is 0 Å². The molecule has 2 N–H and O–H groups in total. The van der Waals surface area contributed by atoms with Gasteiger partial charge in [0, 0.05) is 0 Å². The molecule has 4 bridgehead atoms. The van der Waals surface area contributed by atoms with Crippen LogP contribution in [0, 0.1) is 22.7 Å². The van der Waals surface area contributed by atoms with E-state index >= 15 is 0 Å². The second-order valence-electron chi connectivity index (χ2n) is 10.4. The number of anilines is 2. The maximum atomic E-state index is 13.6. The van der Waals surface area contributed by atoms with Crippen LogP contribution in [0.25, 0.3) is 22.2 Å². The molecule has 4 saturated carbocycles. The van der Waals surface area contributed by atoms with Crippen molar-refractivity contribution in [3.05, 3.63) is 48.5 Å². The van der Waals surface area contributed by atoms with Crippen LogP contribution >= 0.6 is 0 Å². The Morgan fingerprint density at radius 2 is 1.18 bits per heavy atom. The molecule has 2 heterocycles. The van der Waals surface area contributed by atoms with E-state index in [2.05, 4.69) is 20.6 Å². The Morgan fingerprint density at radius 1 is 0.735 bits per heavy atom. The average Bonchev–Trinajstić information content (AvgIpc) is 3.40. The number of oxazole rings is 2. The lowest BCUT2D eigenvalue weighted by Crippen LogP contribution is -2.59. The lowest BCUT2D eigenvalue weighted by Gasteiger charge is -2.60. The summed E-state index contributed by atoms with van der Waals surface area (Å²) in [6.07, 6.45) is 4.79. The predicted octanol–water partition coefficient (Wildman–Crippen LogP) is 5.13. The highest BCUT2D eigenvalue weighted by Crippen LogP contribution is 2.65. The van der Waals surface area contributed by atoms with Crippen molar-refractivity contribution in [2.75, 3.05) is 10.6 Å². The van der Waals surface area contributed by atoms with Gasteiger partial charge < -0.3 is 8.83 Å². The minimum absolute atomic E-state index is 0.0906. The van der Waals surface area contributed by atoms with E-state index in [1.54, 1.807) is 0 Å². The Labute approximate surface area is 195 Å². The van der Waals surface area contributed by atoms with Gasteiger partial charge in [-0.25, -0.2) is 0 Å². The Bertz CT molecular complexity index is 1270. The van der Waals surface area contributed by atoms with E-state index in [9.17, 15) is 9.59 Å². The number of para-hydroxylation sites is 4. The van der Waals surface area contributed by atoms with Gasteiger partial charge in [-0.3, -0.25) is 20.2 Å². The second kappa shape index (κ2) is 6.91. The third-order valence-corrected chi connectivity index (χ3v) is 8.05. The molecule has 0 radical (unpaired) electrons. The number of carbonyl (C=O) groups is 2. The summed E-state index contributed by atoms with van der Waals surface area (Å²) >= 11 is 0. The highest BCUT2D eigenvalue weighted by atomic mass is 16.4. The van der Waals surface area contributed by atoms with Crippen molar-refractivity contribution in [2.24, 2.45) is 22.7 Å². The summed E-state index contributed by atoms with van der Waals surface area (Å²) in [7, 11) is 0. The smallest absolute Gasteiger partial charge is 0.302 e. The zero-order valence-corrected chi connectivity index (χ0v) is 18.5. The van der Waals surface area contributed by atoms with E-state index in [0.717, 1.165) is 32.1 Å². The molecule has 8 heteroatoms. The number of hydrogen-bond acceptors (Lipinski definition) is 6. The molecule has 0 spiro atoms. The number of nitrogens with zero attached hydrogens (tertiary/aromatic N) is 2. The van der Waals surface area contributed by atoms with Gasteiger partial charge in [0.1, 0.15) is 11.0 Å². The van der Waals surface area contributed by atoms with Gasteiger partial charge in [-0.15, -0.1) is 0 Å². The Hall–Kier alpha value is -3.68. The maximum absolute atomic E-state index is 13.6. The van der Waals surface area contributed by atoms with Crippen LogP contribution in [0.4, 0.5) is 12.0 Å². The highest BCUT2D eigenvalue weighted by molar-refractivity contribution is 5.99. The first-order chi connectivity index (χ1) is 16.5. The number of carbonyl (C=O) groups excluding carboxylic acids is 2. The van der Waals surface area contributed by atoms with Gasteiger partial charge in [0.05, 0.1) is 10.8 Å². The molecule has 4 aromatic rings. The Balaban J connectivity index is 1.16. The summed E-state index contributed by atoms with van der Waals surface area (Å²) in [6.45, 7) is 0. The number of amides is 2. The normalized spacial score (nSPS) is 29.5. The molecular formula is C26H24N4O4. The third kappa shape index (κ3) is 2.97. The molecule has 8 rings (SSSR count). The zero-order valence-electron chi connectivity index (χ0n) is 18.5. The highest BCUT2D eigenvalue weighted by Gasteiger charge is 2.63. The third-order valence-electron chi connectivity index (χ3n) is 8.05. The van der Waals surface area contributed by atoms with Crippen molar-refractivity contribution in [2.45, 2.75) is 38.5 Å². The molecule has 0 aliphatic heterocycles. The van der Waals surface area contributed by atoms with Crippen LogP contribution in [-0.2, 0) is 9.59 Å². The van der Waals surface area contributed by atoms with E-state index in [-0.39, 0.29) is 23.8 Å². The number of hydrogen-bond donors (Lipinski definition) is 2. The molecular weight excluding hydrogens is 432 g/mol. The van der Waals surface area contributed by atoms with Crippen LogP contribution in [0.5, 0.6) is 0 Å². The summed E-state index contributed by atoms with van der Waals surface area (Å²) in [4.78, 5) is 36.0. The van der Waals surface area contributed by atoms with Crippen molar-refractivity contribution < 1.29 is 18.4 Å². The summed E-state index contributed by atoms with van der Waals surface area (Å²) in [5.74, 6) is 0.523. The van der Waals surface area contributed by atoms with Gasteiger partial charge in [-0.1, -0.05) is 24.3 Å². The predicted molar refractivity (Wildman–Crippen MR) is 125 cm³/mol. The molecule has 4 fully saturated rings. The minimum atomic E-state index is -0.594. The summed E-state index contributed by atoms with van der Waals surface area (Å²) in [5.41, 5.74) is 1.50. The molecule has 0 atom stereocenters. The lowest BCUT2D eigenvalue weighted by molar-refractivity contribution is -0.161. The van der Waals surface area contributed by atoms with Crippen molar-refractivity contribution in [3.63, 3.8) is 0 Å². The molecule has 0 unspecified atom stereocenters. The molecule has 34 heavy (non-hydrogen) atoms. The van der Waals surface area contributed by atoms with E-state index in [4.69, 9.17) is 8.83 Å². The SMILES string of the molecule is O=C(Nc1nc2ccccc2o1)C12CC3CC(C1)CC(C(=O)Nc1nc4ccccc4o1)(C3)C2. The average molecular weight is 457 g/mol. The van der Waals surface area contributed by atoms with Crippen molar-refractivity contribution >= 4 is 46.0 Å². The van der Waals surface area contributed by atoms with Gasteiger partial charge in [0.25, 0.3) is 0 Å². The van der Waals surface area contributed by atoms with Gasteiger partial charge in [0.2, 0.25) is 11.8 Å².